The predicted molar refractivity (Wildman–Crippen MR) is 100 cm³/mol. The van der Waals surface area contributed by atoms with E-state index in [-0.39, 0.29) is 0 Å². The molecule has 0 saturated carbocycles. The van der Waals surface area contributed by atoms with Gasteiger partial charge in [-0.2, -0.15) is 10.4 Å². The van der Waals surface area contributed by atoms with Crippen LogP contribution >= 0.6 is 11.6 Å². The van der Waals surface area contributed by atoms with Gasteiger partial charge in [0, 0.05) is 36.6 Å². The topological polar surface area (TPSA) is 95.2 Å². The van der Waals surface area contributed by atoms with Crippen LogP contribution in [0.25, 0.3) is 22.3 Å². The van der Waals surface area contributed by atoms with Crippen LogP contribution in [0.15, 0.2) is 36.8 Å². The van der Waals surface area contributed by atoms with Crippen molar-refractivity contribution in [2.45, 2.75) is 6.92 Å². The van der Waals surface area contributed by atoms with Gasteiger partial charge >= 0.3 is 0 Å². The van der Waals surface area contributed by atoms with Gasteiger partial charge in [0.1, 0.15) is 22.6 Å². The number of fused-ring (bicyclic) bond motifs is 1. The van der Waals surface area contributed by atoms with Crippen LogP contribution in [0, 0.1) is 18.3 Å². The summed E-state index contributed by atoms with van der Waals surface area (Å²) in [4.78, 5) is 12.1. The number of halogens is 1. The van der Waals surface area contributed by atoms with E-state index in [4.69, 9.17) is 11.6 Å². The highest BCUT2D eigenvalue weighted by Crippen LogP contribution is 2.33. The zero-order valence-electron chi connectivity index (χ0n) is 14.1. The van der Waals surface area contributed by atoms with Crippen LogP contribution < -0.4 is 5.32 Å². The number of nitrogens with zero attached hydrogens (tertiary/aromatic N) is 5. The molecule has 0 unspecified atom stereocenters. The standard InChI is InChI=1S/C18H14ClN7/c1-10-3-4-21-14(5-10)12-6-15(23-17-13(19)9-26(2)25-17)24-18-16(12)11(7-20)8-22-18/h3-6,8-9H,1-2H3,(H2,22,23,24,25). The van der Waals surface area contributed by atoms with Crippen LogP contribution in [0.2, 0.25) is 5.02 Å². The second-order valence-corrected chi connectivity index (χ2v) is 6.34. The molecule has 4 aromatic rings. The third-order valence-electron chi connectivity index (χ3n) is 3.98. The maximum absolute atomic E-state index is 9.43. The summed E-state index contributed by atoms with van der Waals surface area (Å²) in [6.07, 6.45) is 5.10. The predicted octanol–water partition coefficient (Wildman–Crippen LogP) is 3.94. The largest absolute Gasteiger partial charge is 0.345 e. The molecule has 0 amide bonds. The van der Waals surface area contributed by atoms with Crippen molar-refractivity contribution in [1.29, 1.82) is 5.26 Å². The van der Waals surface area contributed by atoms with Crippen molar-refractivity contribution in [2.24, 2.45) is 7.05 Å². The molecule has 0 fully saturated rings. The van der Waals surface area contributed by atoms with E-state index in [1.807, 2.05) is 25.1 Å². The summed E-state index contributed by atoms with van der Waals surface area (Å²) in [5.74, 6) is 1.07. The normalized spacial score (nSPS) is 10.8. The molecule has 0 aromatic carbocycles. The van der Waals surface area contributed by atoms with Crippen LogP contribution in [-0.4, -0.2) is 24.7 Å². The quantitative estimate of drug-likeness (QED) is 0.575. The van der Waals surface area contributed by atoms with Crippen molar-refractivity contribution < 1.29 is 0 Å². The molecule has 4 rings (SSSR count). The lowest BCUT2D eigenvalue weighted by Gasteiger charge is -2.09. The number of anilines is 2. The van der Waals surface area contributed by atoms with Crippen molar-refractivity contribution in [1.82, 2.24) is 24.7 Å². The van der Waals surface area contributed by atoms with Gasteiger partial charge < -0.3 is 10.3 Å². The fraction of sp³-hybridized carbons (Fsp3) is 0.111. The van der Waals surface area contributed by atoms with E-state index >= 15 is 0 Å². The molecule has 4 aromatic heterocycles. The van der Waals surface area contributed by atoms with Crippen LogP contribution in [0.5, 0.6) is 0 Å². The van der Waals surface area contributed by atoms with Crippen LogP contribution in [-0.2, 0) is 7.05 Å². The molecular weight excluding hydrogens is 350 g/mol. The number of nitrogens with one attached hydrogen (secondary N) is 2. The number of nitriles is 1. The Hall–Kier alpha value is -3.37. The number of aromatic amines is 1. The van der Waals surface area contributed by atoms with Crippen molar-refractivity contribution in [3.05, 3.63) is 52.9 Å². The minimum absolute atomic E-state index is 0.494. The molecule has 8 heteroatoms. The lowest BCUT2D eigenvalue weighted by molar-refractivity contribution is 0.771. The summed E-state index contributed by atoms with van der Waals surface area (Å²) in [7, 11) is 1.79. The Balaban J connectivity index is 1.91. The van der Waals surface area contributed by atoms with Gasteiger partial charge in [0.2, 0.25) is 0 Å². The lowest BCUT2D eigenvalue weighted by atomic mass is 10.0. The minimum atomic E-state index is 0.494. The van der Waals surface area contributed by atoms with E-state index in [1.54, 1.807) is 30.3 Å². The molecule has 0 saturated heterocycles. The Morgan fingerprint density at radius 2 is 2.19 bits per heavy atom. The number of aromatic nitrogens is 5. The highest BCUT2D eigenvalue weighted by Gasteiger charge is 2.16. The molecule has 2 N–H and O–H groups in total. The van der Waals surface area contributed by atoms with Gasteiger partial charge in [-0.25, -0.2) is 4.98 Å². The molecule has 0 bridgehead atoms. The summed E-state index contributed by atoms with van der Waals surface area (Å²) in [6.45, 7) is 2.00. The SMILES string of the molecule is Cc1ccnc(-c2cc(Nc3nn(C)cc3Cl)nc3[nH]cc(C#N)c23)c1. The molecule has 0 aliphatic rings. The van der Waals surface area contributed by atoms with Gasteiger partial charge in [-0.05, 0) is 30.7 Å². The van der Waals surface area contributed by atoms with Crippen molar-refractivity contribution in [3.63, 3.8) is 0 Å². The first-order valence-electron chi connectivity index (χ1n) is 7.86. The van der Waals surface area contributed by atoms with Crippen LogP contribution in [0.1, 0.15) is 11.1 Å². The van der Waals surface area contributed by atoms with E-state index in [0.717, 1.165) is 22.2 Å². The number of hydrogen-bond donors (Lipinski definition) is 2. The lowest BCUT2D eigenvalue weighted by Crippen LogP contribution is -1.98. The third kappa shape index (κ3) is 2.76. The maximum atomic E-state index is 9.43. The van der Waals surface area contributed by atoms with Gasteiger partial charge in [0.05, 0.1) is 11.3 Å². The Morgan fingerprint density at radius 3 is 2.88 bits per heavy atom. The number of aryl methyl sites for hydroxylation is 2. The zero-order chi connectivity index (χ0) is 18.3. The number of hydrogen-bond acceptors (Lipinski definition) is 5. The van der Waals surface area contributed by atoms with Crippen LogP contribution in [0.4, 0.5) is 11.6 Å². The molecule has 26 heavy (non-hydrogen) atoms. The first kappa shape index (κ1) is 16.1. The van der Waals surface area contributed by atoms with E-state index < -0.39 is 0 Å². The molecule has 0 atom stereocenters. The summed E-state index contributed by atoms with van der Waals surface area (Å²) >= 11 is 6.18. The number of rotatable bonds is 3. The smallest absolute Gasteiger partial charge is 0.172 e. The first-order chi connectivity index (χ1) is 12.5. The van der Waals surface area contributed by atoms with Gasteiger partial charge in [0.25, 0.3) is 0 Å². The first-order valence-corrected chi connectivity index (χ1v) is 8.24. The average molecular weight is 364 g/mol. The number of pyridine rings is 2. The van der Waals surface area contributed by atoms with Crippen molar-refractivity contribution in [3.8, 4) is 17.3 Å². The van der Waals surface area contributed by atoms with Gasteiger partial charge in [-0.1, -0.05) is 11.6 Å². The fourth-order valence-corrected chi connectivity index (χ4v) is 3.06. The molecule has 0 spiro atoms. The fourth-order valence-electron chi connectivity index (χ4n) is 2.84. The van der Waals surface area contributed by atoms with E-state index in [9.17, 15) is 5.26 Å². The Morgan fingerprint density at radius 1 is 1.35 bits per heavy atom. The summed E-state index contributed by atoms with van der Waals surface area (Å²) in [6, 6.07) is 7.95. The Bertz CT molecular complexity index is 1170. The number of H-pyrrole nitrogens is 1. The Labute approximate surface area is 154 Å². The second-order valence-electron chi connectivity index (χ2n) is 5.94. The Kier molecular flexibility index (Phi) is 3.82. The van der Waals surface area contributed by atoms with Crippen molar-refractivity contribution >= 4 is 34.3 Å². The third-order valence-corrected chi connectivity index (χ3v) is 4.26. The molecule has 4 heterocycles. The second kappa shape index (κ2) is 6.17. The molecular formula is C18H14ClN7. The monoisotopic (exact) mass is 363 g/mol. The highest BCUT2D eigenvalue weighted by atomic mass is 35.5. The van der Waals surface area contributed by atoms with E-state index in [1.165, 1.54) is 0 Å². The maximum Gasteiger partial charge on any atom is 0.172 e. The summed E-state index contributed by atoms with van der Waals surface area (Å²) in [5, 5.41) is 18.1. The zero-order valence-corrected chi connectivity index (χ0v) is 14.8. The minimum Gasteiger partial charge on any atom is -0.345 e. The van der Waals surface area contributed by atoms with Gasteiger partial charge in [-0.3, -0.25) is 9.67 Å². The van der Waals surface area contributed by atoms with Gasteiger partial charge in [-0.15, -0.1) is 0 Å². The average Bonchev–Trinajstić information content (AvgIpc) is 3.16. The van der Waals surface area contributed by atoms with Crippen LogP contribution in [0.3, 0.4) is 0 Å². The van der Waals surface area contributed by atoms with E-state index in [0.29, 0.717) is 27.9 Å². The van der Waals surface area contributed by atoms with Gasteiger partial charge in [0.15, 0.2) is 5.82 Å². The van der Waals surface area contributed by atoms with Crippen molar-refractivity contribution in [2.75, 3.05) is 5.32 Å². The highest BCUT2D eigenvalue weighted by molar-refractivity contribution is 6.33. The molecule has 0 radical (unpaired) electrons. The summed E-state index contributed by atoms with van der Waals surface area (Å²) < 4.78 is 1.62. The molecule has 128 valence electrons. The molecule has 0 aliphatic heterocycles. The summed E-state index contributed by atoms with van der Waals surface area (Å²) in [5.41, 5.74) is 3.77. The van der Waals surface area contributed by atoms with E-state index in [2.05, 4.69) is 31.4 Å². The molecule has 0 aliphatic carbocycles. The molecule has 7 nitrogen and oxygen atoms in total.